The maximum Gasteiger partial charge on any atom is 0.0465 e. The fourth-order valence-corrected chi connectivity index (χ4v) is 9.12. The zero-order valence-electron chi connectivity index (χ0n) is 30.5. The Bertz CT molecular complexity index is 2450. The van der Waals surface area contributed by atoms with Crippen LogP contribution in [0.4, 0.5) is 17.1 Å². The second kappa shape index (κ2) is 12.8. The van der Waals surface area contributed by atoms with Crippen LogP contribution in [0.5, 0.6) is 0 Å². The summed E-state index contributed by atoms with van der Waals surface area (Å²) >= 11 is 0. The highest BCUT2D eigenvalue weighted by Crippen LogP contribution is 2.55. The van der Waals surface area contributed by atoms with Crippen molar-refractivity contribution in [3.05, 3.63) is 221 Å². The number of benzene rings is 7. The van der Waals surface area contributed by atoms with Crippen molar-refractivity contribution in [2.45, 2.75) is 37.5 Å². The van der Waals surface area contributed by atoms with Gasteiger partial charge in [0.2, 0.25) is 0 Å². The Morgan fingerprint density at radius 1 is 0.434 bits per heavy atom. The number of rotatable bonds is 9. The third-order valence-corrected chi connectivity index (χ3v) is 11.8. The van der Waals surface area contributed by atoms with Crippen molar-refractivity contribution in [1.82, 2.24) is 0 Å². The molecule has 0 aliphatic heterocycles. The molecular weight excluding hydrogens is 639 g/mol. The average Bonchev–Trinajstić information content (AvgIpc) is 3.60. The number of anilines is 3. The van der Waals surface area contributed by atoms with Crippen LogP contribution < -0.4 is 4.90 Å². The molecule has 0 fully saturated rings. The van der Waals surface area contributed by atoms with E-state index in [4.69, 9.17) is 0 Å². The van der Waals surface area contributed by atoms with Gasteiger partial charge in [0, 0.05) is 27.9 Å². The summed E-state index contributed by atoms with van der Waals surface area (Å²) in [6, 6.07) is 60.9. The SMILES string of the molecule is C=Cc1ccc(CC2(Cc3ccc(C=C)cc3)c3ccccc3-c3ccc(N(c4ccccc4)c4ccc5c(c4)C(C)(C)c4ccccc4-5)cc32)cc1. The summed E-state index contributed by atoms with van der Waals surface area (Å²) in [7, 11) is 0. The molecule has 1 heteroatoms. The summed E-state index contributed by atoms with van der Waals surface area (Å²) in [6.07, 6.45) is 5.59. The van der Waals surface area contributed by atoms with Gasteiger partial charge in [-0.05, 0) is 116 Å². The van der Waals surface area contributed by atoms with Gasteiger partial charge in [-0.25, -0.2) is 0 Å². The molecule has 2 aliphatic carbocycles. The second-order valence-electron chi connectivity index (χ2n) is 15.2. The van der Waals surface area contributed by atoms with Gasteiger partial charge in [0.05, 0.1) is 0 Å². The molecule has 256 valence electrons. The third-order valence-electron chi connectivity index (χ3n) is 11.8. The van der Waals surface area contributed by atoms with E-state index in [0.717, 1.165) is 41.0 Å². The molecule has 7 aromatic rings. The van der Waals surface area contributed by atoms with Gasteiger partial charge < -0.3 is 4.90 Å². The van der Waals surface area contributed by atoms with Crippen molar-refractivity contribution < 1.29 is 0 Å². The van der Waals surface area contributed by atoms with Crippen molar-refractivity contribution >= 4 is 29.2 Å². The van der Waals surface area contributed by atoms with Gasteiger partial charge in [-0.3, -0.25) is 0 Å². The zero-order valence-corrected chi connectivity index (χ0v) is 30.5. The van der Waals surface area contributed by atoms with Gasteiger partial charge in [0.15, 0.2) is 0 Å². The van der Waals surface area contributed by atoms with Crippen LogP contribution in [0.15, 0.2) is 177 Å². The predicted molar refractivity (Wildman–Crippen MR) is 225 cm³/mol. The molecule has 0 saturated heterocycles. The smallest absolute Gasteiger partial charge is 0.0465 e. The molecule has 0 N–H and O–H groups in total. The van der Waals surface area contributed by atoms with Gasteiger partial charge >= 0.3 is 0 Å². The van der Waals surface area contributed by atoms with Crippen molar-refractivity contribution in [3.63, 3.8) is 0 Å². The fraction of sp³-hybridized carbons (Fsp3) is 0.115. The van der Waals surface area contributed by atoms with E-state index in [-0.39, 0.29) is 10.8 Å². The summed E-state index contributed by atoms with van der Waals surface area (Å²) in [4.78, 5) is 2.45. The number of nitrogens with zero attached hydrogens (tertiary/aromatic N) is 1. The molecule has 0 saturated carbocycles. The fourth-order valence-electron chi connectivity index (χ4n) is 9.12. The first kappa shape index (κ1) is 32.7. The number of hydrogen-bond donors (Lipinski definition) is 0. The predicted octanol–water partition coefficient (Wildman–Crippen LogP) is 13.5. The van der Waals surface area contributed by atoms with Crippen LogP contribution in [0.25, 0.3) is 34.4 Å². The first-order valence-electron chi connectivity index (χ1n) is 18.7. The Morgan fingerprint density at radius 3 is 1.45 bits per heavy atom. The van der Waals surface area contributed by atoms with Crippen molar-refractivity contribution in [2.24, 2.45) is 0 Å². The molecule has 9 rings (SSSR count). The number of hydrogen-bond acceptors (Lipinski definition) is 1. The van der Waals surface area contributed by atoms with Crippen LogP contribution in [0.2, 0.25) is 0 Å². The molecule has 53 heavy (non-hydrogen) atoms. The molecule has 0 unspecified atom stereocenters. The zero-order chi connectivity index (χ0) is 36.2. The molecule has 0 amide bonds. The molecule has 0 atom stereocenters. The van der Waals surface area contributed by atoms with Crippen molar-refractivity contribution in [3.8, 4) is 22.3 Å². The van der Waals surface area contributed by atoms with Crippen LogP contribution in [0.1, 0.15) is 58.4 Å². The van der Waals surface area contributed by atoms with Gasteiger partial charge in [-0.15, -0.1) is 0 Å². The lowest BCUT2D eigenvalue weighted by Gasteiger charge is -2.34. The summed E-state index contributed by atoms with van der Waals surface area (Å²) < 4.78 is 0. The van der Waals surface area contributed by atoms with Crippen molar-refractivity contribution in [1.29, 1.82) is 0 Å². The highest BCUT2D eigenvalue weighted by molar-refractivity contribution is 5.88. The molecule has 0 bridgehead atoms. The first-order chi connectivity index (χ1) is 25.9. The van der Waals surface area contributed by atoms with Crippen molar-refractivity contribution in [2.75, 3.05) is 4.90 Å². The molecule has 0 spiro atoms. The Balaban J connectivity index is 1.24. The molecular formula is C52H43N. The van der Waals surface area contributed by atoms with E-state index in [1.54, 1.807) is 0 Å². The Hall–Kier alpha value is -6.18. The van der Waals surface area contributed by atoms with Gasteiger partial charge in [-0.2, -0.15) is 0 Å². The standard InChI is InChI=1S/C52H43N/c1-5-36-20-24-38(25-21-36)34-52(35-39-26-22-37(6-2)23-27-39)48-19-13-11-17-44(48)46-31-29-42(33-50(46)52)53(40-14-8-7-9-15-40)41-28-30-45-43-16-10-12-18-47(43)51(3,4)49(45)32-41/h5-33H,1-2,34-35H2,3-4H3. The van der Waals surface area contributed by atoms with E-state index in [1.807, 2.05) is 12.2 Å². The first-order valence-corrected chi connectivity index (χ1v) is 18.7. The molecule has 7 aromatic carbocycles. The highest BCUT2D eigenvalue weighted by atomic mass is 15.1. The van der Waals surface area contributed by atoms with Crippen LogP contribution in [0, 0.1) is 0 Å². The summed E-state index contributed by atoms with van der Waals surface area (Å²) in [5, 5.41) is 0. The normalized spacial score (nSPS) is 14.1. The number of fused-ring (bicyclic) bond motifs is 6. The van der Waals surface area contributed by atoms with E-state index >= 15 is 0 Å². The number of para-hydroxylation sites is 1. The van der Waals surface area contributed by atoms with E-state index < -0.39 is 0 Å². The average molecular weight is 682 g/mol. The maximum absolute atomic E-state index is 4.01. The third kappa shape index (κ3) is 5.39. The highest BCUT2D eigenvalue weighted by Gasteiger charge is 2.44. The molecule has 0 heterocycles. The van der Waals surface area contributed by atoms with E-state index in [0.29, 0.717) is 0 Å². The lowest BCUT2D eigenvalue weighted by atomic mass is 9.69. The topological polar surface area (TPSA) is 3.24 Å². The van der Waals surface area contributed by atoms with Gasteiger partial charge in [0.1, 0.15) is 0 Å². The van der Waals surface area contributed by atoms with Gasteiger partial charge in [0.25, 0.3) is 0 Å². The summed E-state index contributed by atoms with van der Waals surface area (Å²) in [5.74, 6) is 0. The van der Waals surface area contributed by atoms with E-state index in [9.17, 15) is 0 Å². The quantitative estimate of drug-likeness (QED) is 0.147. The maximum atomic E-state index is 4.01. The minimum absolute atomic E-state index is 0.0959. The monoisotopic (exact) mass is 681 g/mol. The lowest BCUT2D eigenvalue weighted by molar-refractivity contribution is 0.520. The van der Waals surface area contributed by atoms with Gasteiger partial charge in [-0.1, -0.05) is 167 Å². The van der Waals surface area contributed by atoms with Crippen LogP contribution in [-0.4, -0.2) is 0 Å². The summed E-state index contributed by atoms with van der Waals surface area (Å²) in [6.45, 7) is 12.7. The Morgan fingerprint density at radius 2 is 0.887 bits per heavy atom. The van der Waals surface area contributed by atoms with Crippen LogP contribution >= 0.6 is 0 Å². The van der Waals surface area contributed by atoms with Crippen LogP contribution in [0.3, 0.4) is 0 Å². The van der Waals surface area contributed by atoms with E-state index in [1.165, 1.54) is 55.6 Å². The minimum atomic E-state index is -0.294. The minimum Gasteiger partial charge on any atom is -0.310 e. The second-order valence-corrected chi connectivity index (χ2v) is 15.2. The Kier molecular flexibility index (Phi) is 7.90. The van der Waals surface area contributed by atoms with E-state index in [2.05, 4.69) is 196 Å². The van der Waals surface area contributed by atoms with Crippen LogP contribution in [-0.2, 0) is 23.7 Å². The molecule has 2 aliphatic rings. The molecule has 0 aromatic heterocycles. The largest absolute Gasteiger partial charge is 0.310 e. The summed E-state index contributed by atoms with van der Waals surface area (Å²) in [5.41, 5.74) is 18.8. The molecule has 0 radical (unpaired) electrons. The Labute approximate surface area is 314 Å². The molecule has 1 nitrogen and oxygen atoms in total. The lowest BCUT2D eigenvalue weighted by Crippen LogP contribution is -2.31.